The van der Waals surface area contributed by atoms with E-state index in [-0.39, 0.29) is 24.2 Å². The van der Waals surface area contributed by atoms with Crippen molar-refractivity contribution < 1.29 is 19.1 Å². The first-order chi connectivity index (χ1) is 13.5. The van der Waals surface area contributed by atoms with E-state index in [2.05, 4.69) is 5.32 Å². The number of aryl methyl sites for hydroxylation is 1. The summed E-state index contributed by atoms with van der Waals surface area (Å²) in [6, 6.07) is 11.6. The van der Waals surface area contributed by atoms with E-state index in [1.807, 2.05) is 50.2 Å². The van der Waals surface area contributed by atoms with Gasteiger partial charge in [-0.1, -0.05) is 18.2 Å². The number of nitrogens with one attached hydrogen (secondary N) is 1. The van der Waals surface area contributed by atoms with E-state index >= 15 is 0 Å². The molecule has 28 heavy (non-hydrogen) atoms. The molecule has 1 fully saturated rings. The molecular weight excluding hydrogens is 356 g/mol. The smallest absolute Gasteiger partial charge is 0.227 e. The second-order valence-electron chi connectivity index (χ2n) is 7.32. The van der Waals surface area contributed by atoms with Gasteiger partial charge in [-0.15, -0.1) is 0 Å². The normalized spacial score (nSPS) is 18.3. The minimum Gasteiger partial charge on any atom is -0.486 e. The van der Waals surface area contributed by atoms with E-state index in [0.29, 0.717) is 32.1 Å². The standard InChI is InChI=1S/C22H24N2O4/c1-14-4-3-5-18(15(14)2)24-13-17(11-21(24)25)22(26)23-12-16-6-7-19-20(10-16)28-9-8-27-19/h3-7,10,17H,8-9,11-13H2,1-2H3,(H,23,26). The van der Waals surface area contributed by atoms with Crippen LogP contribution < -0.4 is 19.7 Å². The molecule has 0 bridgehead atoms. The highest BCUT2D eigenvalue weighted by molar-refractivity contribution is 6.00. The molecule has 1 atom stereocenters. The minimum atomic E-state index is -0.343. The van der Waals surface area contributed by atoms with Gasteiger partial charge in [-0.05, 0) is 48.7 Å². The minimum absolute atomic E-state index is 0.00632. The number of anilines is 1. The number of fused-ring (bicyclic) bond motifs is 1. The third-order valence-corrected chi connectivity index (χ3v) is 5.44. The van der Waals surface area contributed by atoms with Crippen LogP contribution >= 0.6 is 0 Å². The second-order valence-corrected chi connectivity index (χ2v) is 7.32. The van der Waals surface area contributed by atoms with Gasteiger partial charge < -0.3 is 19.7 Å². The fraction of sp³-hybridized carbons (Fsp3) is 0.364. The fourth-order valence-corrected chi connectivity index (χ4v) is 3.68. The lowest BCUT2D eigenvalue weighted by molar-refractivity contribution is -0.126. The van der Waals surface area contributed by atoms with Crippen LogP contribution in [0.5, 0.6) is 11.5 Å². The third-order valence-electron chi connectivity index (χ3n) is 5.44. The van der Waals surface area contributed by atoms with Crippen LogP contribution in [0.1, 0.15) is 23.1 Å². The Labute approximate surface area is 164 Å². The predicted octanol–water partition coefficient (Wildman–Crippen LogP) is 2.74. The number of amides is 2. The molecule has 2 aliphatic rings. The number of carbonyl (C=O) groups is 2. The molecule has 1 N–H and O–H groups in total. The van der Waals surface area contributed by atoms with E-state index in [4.69, 9.17) is 9.47 Å². The molecule has 2 aromatic rings. The van der Waals surface area contributed by atoms with Gasteiger partial charge in [0.2, 0.25) is 11.8 Å². The van der Waals surface area contributed by atoms with Crippen LogP contribution in [0.2, 0.25) is 0 Å². The van der Waals surface area contributed by atoms with Crippen molar-refractivity contribution >= 4 is 17.5 Å². The number of benzene rings is 2. The number of ether oxygens (including phenoxy) is 2. The predicted molar refractivity (Wildman–Crippen MR) is 106 cm³/mol. The van der Waals surface area contributed by atoms with Gasteiger partial charge in [0.25, 0.3) is 0 Å². The average Bonchev–Trinajstić information content (AvgIpc) is 3.09. The molecule has 146 valence electrons. The van der Waals surface area contributed by atoms with Crippen molar-refractivity contribution in [2.45, 2.75) is 26.8 Å². The number of carbonyl (C=O) groups excluding carboxylic acids is 2. The van der Waals surface area contributed by atoms with Crippen LogP contribution in [-0.2, 0) is 16.1 Å². The average molecular weight is 380 g/mol. The zero-order chi connectivity index (χ0) is 19.7. The lowest BCUT2D eigenvalue weighted by Gasteiger charge is -2.20. The van der Waals surface area contributed by atoms with Gasteiger partial charge in [0.15, 0.2) is 11.5 Å². The second kappa shape index (κ2) is 7.54. The van der Waals surface area contributed by atoms with E-state index in [0.717, 1.165) is 28.1 Å². The molecule has 0 aliphatic carbocycles. The Hall–Kier alpha value is -3.02. The van der Waals surface area contributed by atoms with Gasteiger partial charge in [-0.2, -0.15) is 0 Å². The molecule has 1 saturated heterocycles. The van der Waals surface area contributed by atoms with E-state index < -0.39 is 0 Å². The first-order valence-corrected chi connectivity index (χ1v) is 9.56. The molecular formula is C22H24N2O4. The summed E-state index contributed by atoms with van der Waals surface area (Å²) in [4.78, 5) is 26.9. The lowest BCUT2D eigenvalue weighted by Crippen LogP contribution is -2.32. The summed E-state index contributed by atoms with van der Waals surface area (Å²) in [6.07, 6.45) is 0.236. The number of rotatable bonds is 4. The molecule has 2 heterocycles. The summed E-state index contributed by atoms with van der Waals surface area (Å²) >= 11 is 0. The summed E-state index contributed by atoms with van der Waals surface area (Å²) < 4.78 is 11.1. The van der Waals surface area contributed by atoms with E-state index in [1.165, 1.54) is 0 Å². The quantitative estimate of drug-likeness (QED) is 0.886. The van der Waals surface area contributed by atoms with Crippen LogP contribution in [0.25, 0.3) is 0 Å². The summed E-state index contributed by atoms with van der Waals surface area (Å²) in [7, 11) is 0. The van der Waals surface area contributed by atoms with Gasteiger partial charge in [-0.25, -0.2) is 0 Å². The maximum Gasteiger partial charge on any atom is 0.227 e. The molecule has 1 unspecified atom stereocenters. The first kappa shape index (κ1) is 18.3. The highest BCUT2D eigenvalue weighted by Crippen LogP contribution is 2.31. The third kappa shape index (κ3) is 3.54. The molecule has 0 saturated carbocycles. The molecule has 0 radical (unpaired) electrons. The Bertz CT molecular complexity index is 925. The van der Waals surface area contributed by atoms with E-state index in [1.54, 1.807) is 4.90 Å². The Morgan fingerprint density at radius 3 is 2.75 bits per heavy atom. The molecule has 2 aliphatic heterocycles. The monoisotopic (exact) mass is 380 g/mol. The topological polar surface area (TPSA) is 67.9 Å². The maximum atomic E-state index is 12.6. The fourth-order valence-electron chi connectivity index (χ4n) is 3.68. The van der Waals surface area contributed by atoms with Crippen molar-refractivity contribution in [1.29, 1.82) is 0 Å². The number of nitrogens with zero attached hydrogens (tertiary/aromatic N) is 1. The van der Waals surface area contributed by atoms with Crippen LogP contribution in [0.4, 0.5) is 5.69 Å². The number of hydrogen-bond donors (Lipinski definition) is 1. The Morgan fingerprint density at radius 2 is 1.93 bits per heavy atom. The summed E-state index contributed by atoms with van der Waals surface area (Å²) in [5.41, 5.74) is 4.05. The van der Waals surface area contributed by atoms with Crippen LogP contribution in [0.15, 0.2) is 36.4 Å². The summed E-state index contributed by atoms with van der Waals surface area (Å²) in [6.45, 7) is 5.92. The Kier molecular flexibility index (Phi) is 4.94. The van der Waals surface area contributed by atoms with Crippen LogP contribution in [0, 0.1) is 19.8 Å². The Balaban J connectivity index is 1.39. The lowest BCUT2D eigenvalue weighted by atomic mass is 10.1. The van der Waals surface area contributed by atoms with Gasteiger partial charge in [0.1, 0.15) is 13.2 Å². The van der Waals surface area contributed by atoms with Crippen molar-refractivity contribution in [3.05, 3.63) is 53.1 Å². The molecule has 2 amide bonds. The van der Waals surface area contributed by atoms with Crippen molar-refractivity contribution in [1.82, 2.24) is 5.32 Å². The van der Waals surface area contributed by atoms with Crippen molar-refractivity contribution in [2.24, 2.45) is 5.92 Å². The largest absolute Gasteiger partial charge is 0.486 e. The highest BCUT2D eigenvalue weighted by atomic mass is 16.6. The zero-order valence-corrected chi connectivity index (χ0v) is 16.2. The Morgan fingerprint density at radius 1 is 1.14 bits per heavy atom. The first-order valence-electron chi connectivity index (χ1n) is 9.56. The SMILES string of the molecule is Cc1cccc(N2CC(C(=O)NCc3ccc4c(c3)OCCO4)CC2=O)c1C. The summed E-state index contributed by atoms with van der Waals surface area (Å²) in [5, 5.41) is 2.95. The van der Waals surface area contributed by atoms with Gasteiger partial charge in [0.05, 0.1) is 5.92 Å². The molecule has 0 aromatic heterocycles. The molecule has 6 nitrogen and oxygen atoms in total. The summed E-state index contributed by atoms with van der Waals surface area (Å²) in [5.74, 6) is 0.982. The van der Waals surface area contributed by atoms with Crippen LogP contribution in [-0.4, -0.2) is 31.6 Å². The van der Waals surface area contributed by atoms with Gasteiger partial charge in [0, 0.05) is 25.2 Å². The van der Waals surface area contributed by atoms with Gasteiger partial charge >= 0.3 is 0 Å². The van der Waals surface area contributed by atoms with Crippen LogP contribution in [0.3, 0.4) is 0 Å². The molecule has 2 aromatic carbocycles. The van der Waals surface area contributed by atoms with Crippen molar-refractivity contribution in [3.63, 3.8) is 0 Å². The van der Waals surface area contributed by atoms with Gasteiger partial charge in [-0.3, -0.25) is 9.59 Å². The van der Waals surface area contributed by atoms with E-state index in [9.17, 15) is 9.59 Å². The molecule has 4 rings (SSSR count). The highest BCUT2D eigenvalue weighted by Gasteiger charge is 2.35. The zero-order valence-electron chi connectivity index (χ0n) is 16.2. The molecule has 0 spiro atoms. The molecule has 6 heteroatoms. The maximum absolute atomic E-state index is 12.6. The number of hydrogen-bond acceptors (Lipinski definition) is 4. The van der Waals surface area contributed by atoms with Crippen molar-refractivity contribution in [3.8, 4) is 11.5 Å². The van der Waals surface area contributed by atoms with Crippen molar-refractivity contribution in [2.75, 3.05) is 24.7 Å².